The van der Waals surface area contributed by atoms with Crippen LogP contribution in [0.25, 0.3) is 0 Å². The molecule has 78 valence electrons. The predicted octanol–water partition coefficient (Wildman–Crippen LogP) is 2.26. The van der Waals surface area contributed by atoms with E-state index in [1.54, 1.807) is 32.1 Å². The molecule has 14 heavy (non-hydrogen) atoms. The minimum absolute atomic E-state index is 0.931. The summed E-state index contributed by atoms with van der Waals surface area (Å²) in [6, 6.07) is 0. The van der Waals surface area contributed by atoms with Crippen LogP contribution in [-0.4, -0.2) is 6.54 Å². The number of hydrogen-bond acceptors (Lipinski definition) is 1. The van der Waals surface area contributed by atoms with Gasteiger partial charge in [-0.3, -0.25) is 0 Å². The summed E-state index contributed by atoms with van der Waals surface area (Å²) in [4.78, 5) is 0. The van der Waals surface area contributed by atoms with Crippen LogP contribution >= 0.6 is 0 Å². The van der Waals surface area contributed by atoms with Gasteiger partial charge >= 0.3 is 0 Å². The quantitative estimate of drug-likeness (QED) is 0.676. The highest BCUT2D eigenvalue weighted by Crippen LogP contribution is 2.66. The molecule has 0 saturated heterocycles. The van der Waals surface area contributed by atoms with E-state index in [9.17, 15) is 0 Å². The van der Waals surface area contributed by atoms with Crippen LogP contribution in [0.3, 0.4) is 0 Å². The first-order chi connectivity index (χ1) is 6.88. The van der Waals surface area contributed by atoms with E-state index in [0.717, 1.165) is 48.0 Å². The summed E-state index contributed by atoms with van der Waals surface area (Å²) in [5, 5.41) is 0. The van der Waals surface area contributed by atoms with Gasteiger partial charge in [0.1, 0.15) is 0 Å². The molecule has 1 nitrogen and oxygen atoms in total. The lowest BCUT2D eigenvalue weighted by Crippen LogP contribution is -2.53. The van der Waals surface area contributed by atoms with Crippen LogP contribution in [0.5, 0.6) is 0 Å². The average Bonchev–Trinajstić information content (AvgIpc) is 2.58. The zero-order valence-corrected chi connectivity index (χ0v) is 8.86. The van der Waals surface area contributed by atoms with Crippen molar-refractivity contribution in [1.29, 1.82) is 0 Å². The number of nitrogens with two attached hydrogens (primary N) is 1. The minimum Gasteiger partial charge on any atom is -0.330 e. The molecule has 6 bridgehead atoms. The lowest BCUT2D eigenvalue weighted by Gasteiger charge is -2.58. The Balaban J connectivity index is 1.78. The zero-order valence-electron chi connectivity index (χ0n) is 8.86. The van der Waals surface area contributed by atoms with Crippen molar-refractivity contribution in [1.82, 2.24) is 0 Å². The average molecular weight is 191 g/mol. The van der Waals surface area contributed by atoms with Crippen molar-refractivity contribution in [3.63, 3.8) is 0 Å². The van der Waals surface area contributed by atoms with Gasteiger partial charge in [0.25, 0.3) is 0 Å². The van der Waals surface area contributed by atoms with E-state index in [4.69, 9.17) is 5.73 Å². The third kappa shape index (κ3) is 0.778. The second kappa shape index (κ2) is 2.55. The van der Waals surface area contributed by atoms with Crippen LogP contribution in [0.1, 0.15) is 32.1 Å². The van der Waals surface area contributed by atoms with Crippen molar-refractivity contribution < 1.29 is 0 Å². The smallest absolute Gasteiger partial charge is 0.00433 e. The van der Waals surface area contributed by atoms with Crippen molar-refractivity contribution >= 4 is 0 Å². The molecule has 0 aromatic heterocycles. The molecule has 5 fully saturated rings. The van der Waals surface area contributed by atoms with Crippen molar-refractivity contribution in [3.05, 3.63) is 0 Å². The Bertz CT molecular complexity index is 240. The fourth-order valence-corrected chi connectivity index (χ4v) is 5.99. The molecule has 0 amide bonds. The van der Waals surface area contributed by atoms with Gasteiger partial charge in [-0.25, -0.2) is 0 Å². The van der Waals surface area contributed by atoms with Gasteiger partial charge in [-0.1, -0.05) is 0 Å². The summed E-state index contributed by atoms with van der Waals surface area (Å²) < 4.78 is 0. The maximum absolute atomic E-state index is 6.01. The minimum atomic E-state index is 0.931. The van der Waals surface area contributed by atoms with E-state index in [1.165, 1.54) is 0 Å². The Morgan fingerprint density at radius 1 is 0.786 bits per heavy atom. The summed E-state index contributed by atoms with van der Waals surface area (Å²) in [5.41, 5.74) is 6.01. The van der Waals surface area contributed by atoms with Crippen molar-refractivity contribution in [3.8, 4) is 0 Å². The molecule has 5 aliphatic carbocycles. The van der Waals surface area contributed by atoms with E-state index in [0.29, 0.717) is 0 Å². The van der Waals surface area contributed by atoms with Crippen molar-refractivity contribution in [2.45, 2.75) is 32.1 Å². The predicted molar refractivity (Wildman–Crippen MR) is 56.6 cm³/mol. The second-order valence-corrected chi connectivity index (χ2v) is 6.37. The lowest BCUT2D eigenvalue weighted by molar-refractivity contribution is -0.0921. The van der Waals surface area contributed by atoms with Gasteiger partial charge in [-0.15, -0.1) is 0 Å². The third-order valence-corrected chi connectivity index (χ3v) is 6.22. The maximum atomic E-state index is 6.01. The summed E-state index contributed by atoms with van der Waals surface area (Å²) in [6.45, 7) is 0.988. The van der Waals surface area contributed by atoms with E-state index >= 15 is 0 Å². The third-order valence-electron chi connectivity index (χ3n) is 6.22. The van der Waals surface area contributed by atoms with Gasteiger partial charge < -0.3 is 5.73 Å². The molecule has 0 spiro atoms. The molecule has 0 aromatic rings. The fourth-order valence-electron chi connectivity index (χ4n) is 5.99. The van der Waals surface area contributed by atoms with Crippen LogP contribution in [0, 0.1) is 41.4 Å². The molecule has 5 rings (SSSR count). The van der Waals surface area contributed by atoms with Crippen LogP contribution in [0.4, 0.5) is 0 Å². The van der Waals surface area contributed by atoms with Crippen molar-refractivity contribution in [2.24, 2.45) is 47.2 Å². The van der Waals surface area contributed by atoms with Gasteiger partial charge in [0.05, 0.1) is 0 Å². The second-order valence-electron chi connectivity index (χ2n) is 6.37. The lowest BCUT2D eigenvalue weighted by atomic mass is 9.47. The van der Waals surface area contributed by atoms with Crippen LogP contribution in [0.15, 0.2) is 0 Å². The largest absolute Gasteiger partial charge is 0.330 e. The van der Waals surface area contributed by atoms with Crippen LogP contribution in [-0.2, 0) is 0 Å². The van der Waals surface area contributed by atoms with E-state index in [1.807, 2.05) is 0 Å². The molecule has 5 saturated carbocycles. The summed E-state index contributed by atoms with van der Waals surface area (Å²) >= 11 is 0. The molecule has 0 aliphatic heterocycles. The van der Waals surface area contributed by atoms with Gasteiger partial charge in [0.2, 0.25) is 0 Å². The maximum Gasteiger partial charge on any atom is -0.00433 e. The van der Waals surface area contributed by atoms with E-state index in [2.05, 4.69) is 0 Å². The molecule has 2 N–H and O–H groups in total. The molecular weight excluding hydrogens is 170 g/mol. The topological polar surface area (TPSA) is 26.0 Å². The molecule has 0 radical (unpaired) electrons. The van der Waals surface area contributed by atoms with Gasteiger partial charge in [0, 0.05) is 0 Å². The molecule has 4 unspecified atom stereocenters. The highest BCUT2D eigenvalue weighted by molar-refractivity contribution is 5.09. The van der Waals surface area contributed by atoms with Crippen molar-refractivity contribution in [2.75, 3.05) is 6.54 Å². The standard InChI is InChI=1S/C13H21N/c14-6-13-11-4-7-3-10-8(11)1-2-9(10)12(13)5-7/h7-13H,1-6,14H2. The van der Waals surface area contributed by atoms with Gasteiger partial charge in [-0.2, -0.15) is 0 Å². The Morgan fingerprint density at radius 2 is 1.36 bits per heavy atom. The molecule has 0 aromatic carbocycles. The highest BCUT2D eigenvalue weighted by Gasteiger charge is 2.59. The normalized spacial score (nSPS) is 63.6. The SMILES string of the molecule is NCC1C2CC3CC1C1CCC2C1C3. The molecule has 0 heterocycles. The Kier molecular flexibility index (Phi) is 1.49. The molecule has 4 atom stereocenters. The Labute approximate surface area is 86.4 Å². The first-order valence-corrected chi connectivity index (χ1v) is 6.58. The van der Waals surface area contributed by atoms with Crippen LogP contribution < -0.4 is 5.73 Å². The van der Waals surface area contributed by atoms with E-state index in [-0.39, 0.29) is 0 Å². The van der Waals surface area contributed by atoms with Crippen LogP contribution in [0.2, 0.25) is 0 Å². The first kappa shape index (κ1) is 8.15. The van der Waals surface area contributed by atoms with Gasteiger partial charge in [-0.05, 0) is 80.1 Å². The molecular formula is C13H21N. The Hall–Kier alpha value is -0.0400. The summed E-state index contributed by atoms with van der Waals surface area (Å²) in [7, 11) is 0. The zero-order chi connectivity index (χ0) is 9.28. The van der Waals surface area contributed by atoms with E-state index < -0.39 is 0 Å². The fraction of sp³-hybridized carbons (Fsp3) is 1.00. The molecule has 1 heteroatoms. The highest BCUT2D eigenvalue weighted by atomic mass is 14.7. The summed E-state index contributed by atoms with van der Waals surface area (Å²) in [5.74, 6) is 7.54. The molecule has 5 aliphatic rings. The summed E-state index contributed by atoms with van der Waals surface area (Å²) in [6.07, 6.45) is 7.80. The monoisotopic (exact) mass is 191 g/mol. The van der Waals surface area contributed by atoms with Gasteiger partial charge in [0.15, 0.2) is 0 Å². The number of rotatable bonds is 1. The Morgan fingerprint density at radius 3 is 1.93 bits per heavy atom. The number of hydrogen-bond donors (Lipinski definition) is 1. The first-order valence-electron chi connectivity index (χ1n) is 6.58.